The van der Waals surface area contributed by atoms with E-state index in [-0.39, 0.29) is 5.01 Å². The number of carbonyl (C=O) groups excluding carboxylic acids is 1. The van der Waals surface area contributed by atoms with Gasteiger partial charge in [0, 0.05) is 0 Å². The average Bonchev–Trinajstić information content (AvgIpc) is 2.11. The van der Waals surface area contributed by atoms with Crippen LogP contribution in [0.4, 0.5) is 13.2 Å². The number of halogens is 3. The number of rotatable bonds is 0. The van der Waals surface area contributed by atoms with Crippen LogP contribution in [0.5, 0.6) is 0 Å². The minimum atomic E-state index is -4.53. The van der Waals surface area contributed by atoms with E-state index in [1.165, 1.54) is 0 Å². The van der Waals surface area contributed by atoms with Crippen molar-refractivity contribution in [2.24, 2.45) is 5.10 Å². The van der Waals surface area contributed by atoms with E-state index in [1.54, 1.807) is 0 Å². The SMILES string of the molecule is O=C1C=NN(C(F)(F)F)C1. The van der Waals surface area contributed by atoms with Crippen molar-refractivity contribution in [3.8, 4) is 0 Å². The Balaban J connectivity index is 2.63. The molecule has 10 heavy (non-hydrogen) atoms. The Bertz CT molecular complexity index is 185. The minimum Gasteiger partial charge on any atom is -0.291 e. The molecule has 3 nitrogen and oxygen atoms in total. The first-order valence-electron chi connectivity index (χ1n) is 2.41. The van der Waals surface area contributed by atoms with Gasteiger partial charge in [-0.2, -0.15) is 10.1 Å². The smallest absolute Gasteiger partial charge is 0.291 e. The molecule has 0 saturated carbocycles. The first kappa shape index (κ1) is 7.04. The van der Waals surface area contributed by atoms with E-state index in [0.717, 1.165) is 0 Å². The lowest BCUT2D eigenvalue weighted by molar-refractivity contribution is -0.241. The summed E-state index contributed by atoms with van der Waals surface area (Å²) in [5.41, 5.74) is 0. The number of hydrazone groups is 1. The maximum absolute atomic E-state index is 11.6. The fraction of sp³-hybridized carbons (Fsp3) is 0.500. The van der Waals surface area contributed by atoms with E-state index in [2.05, 4.69) is 5.10 Å². The topological polar surface area (TPSA) is 32.7 Å². The molecule has 0 aliphatic carbocycles. The van der Waals surface area contributed by atoms with E-state index < -0.39 is 18.6 Å². The van der Waals surface area contributed by atoms with Gasteiger partial charge in [-0.3, -0.25) is 4.79 Å². The lowest BCUT2D eigenvalue weighted by Crippen LogP contribution is -2.33. The zero-order valence-electron chi connectivity index (χ0n) is 4.72. The number of hydrogen-bond donors (Lipinski definition) is 0. The van der Waals surface area contributed by atoms with Crippen LogP contribution in [-0.2, 0) is 4.79 Å². The zero-order chi connectivity index (χ0) is 7.78. The van der Waals surface area contributed by atoms with Gasteiger partial charge in [0.25, 0.3) is 0 Å². The monoisotopic (exact) mass is 152 g/mol. The lowest BCUT2D eigenvalue weighted by Gasteiger charge is -2.15. The van der Waals surface area contributed by atoms with Crippen molar-refractivity contribution in [2.75, 3.05) is 6.54 Å². The number of ketones is 1. The third kappa shape index (κ3) is 1.26. The maximum Gasteiger partial charge on any atom is 0.500 e. The van der Waals surface area contributed by atoms with Crippen molar-refractivity contribution >= 4 is 12.0 Å². The number of hydrogen-bond acceptors (Lipinski definition) is 3. The Morgan fingerprint density at radius 2 is 2.20 bits per heavy atom. The molecule has 0 aromatic heterocycles. The summed E-state index contributed by atoms with van der Waals surface area (Å²) in [4.78, 5) is 10.2. The van der Waals surface area contributed by atoms with Gasteiger partial charge in [-0.15, -0.1) is 13.2 Å². The summed E-state index contributed by atoms with van der Waals surface area (Å²) in [7, 11) is 0. The zero-order valence-corrected chi connectivity index (χ0v) is 4.72. The van der Waals surface area contributed by atoms with E-state index in [0.29, 0.717) is 6.21 Å². The highest BCUT2D eigenvalue weighted by Crippen LogP contribution is 2.22. The molecule has 1 aliphatic heterocycles. The summed E-state index contributed by atoms with van der Waals surface area (Å²) in [6, 6.07) is 0. The van der Waals surface area contributed by atoms with Crippen molar-refractivity contribution < 1.29 is 18.0 Å². The fourth-order valence-electron chi connectivity index (χ4n) is 0.518. The lowest BCUT2D eigenvalue weighted by atomic mass is 10.4. The fourth-order valence-corrected chi connectivity index (χ4v) is 0.518. The van der Waals surface area contributed by atoms with Crippen LogP contribution in [0.1, 0.15) is 0 Å². The van der Waals surface area contributed by atoms with Crippen LogP contribution < -0.4 is 0 Å². The largest absolute Gasteiger partial charge is 0.500 e. The molecular weight excluding hydrogens is 149 g/mol. The van der Waals surface area contributed by atoms with Gasteiger partial charge in [0.1, 0.15) is 6.54 Å². The van der Waals surface area contributed by atoms with Gasteiger partial charge >= 0.3 is 6.30 Å². The number of alkyl halides is 3. The molecule has 1 rings (SSSR count). The Labute approximate surface area is 54.1 Å². The second-order valence-corrected chi connectivity index (χ2v) is 1.74. The Hall–Kier alpha value is -1.07. The third-order valence-corrected chi connectivity index (χ3v) is 0.939. The molecule has 0 aromatic carbocycles. The Morgan fingerprint density at radius 3 is 2.40 bits per heavy atom. The average molecular weight is 152 g/mol. The van der Waals surface area contributed by atoms with E-state index in [4.69, 9.17) is 0 Å². The van der Waals surface area contributed by atoms with E-state index >= 15 is 0 Å². The molecule has 0 aromatic rings. The molecule has 0 radical (unpaired) electrons. The quantitative estimate of drug-likeness (QED) is 0.470. The number of Topliss-reactive ketones (excluding diaryl/α,β-unsaturated/α-hetero) is 1. The van der Waals surface area contributed by atoms with Gasteiger partial charge in [0.05, 0.1) is 6.21 Å². The molecule has 0 unspecified atom stereocenters. The van der Waals surface area contributed by atoms with E-state index in [9.17, 15) is 18.0 Å². The number of carbonyl (C=O) groups is 1. The summed E-state index contributed by atoms with van der Waals surface area (Å²) in [5.74, 6) is -0.627. The third-order valence-electron chi connectivity index (χ3n) is 0.939. The van der Waals surface area contributed by atoms with Crippen molar-refractivity contribution in [3.63, 3.8) is 0 Å². The van der Waals surface area contributed by atoms with Gasteiger partial charge in [-0.05, 0) is 0 Å². The van der Waals surface area contributed by atoms with Crippen LogP contribution in [0.25, 0.3) is 0 Å². The summed E-state index contributed by atoms with van der Waals surface area (Å²) in [5, 5.41) is 2.61. The second-order valence-electron chi connectivity index (χ2n) is 1.74. The van der Waals surface area contributed by atoms with Gasteiger partial charge in [-0.1, -0.05) is 0 Å². The standard InChI is InChI=1S/C4H3F3N2O/c5-4(6,7)9-2-3(10)1-8-9/h1H,2H2. The molecular formula is C4H3F3N2O. The van der Waals surface area contributed by atoms with Crippen molar-refractivity contribution in [1.82, 2.24) is 5.01 Å². The highest BCUT2D eigenvalue weighted by atomic mass is 19.4. The molecule has 0 atom stereocenters. The van der Waals surface area contributed by atoms with Gasteiger partial charge in [-0.25, -0.2) is 0 Å². The van der Waals surface area contributed by atoms with Gasteiger partial charge in [0.2, 0.25) is 0 Å². The molecule has 0 saturated heterocycles. The minimum absolute atomic E-state index is 0.213. The summed E-state index contributed by atoms with van der Waals surface area (Å²) >= 11 is 0. The molecule has 56 valence electrons. The predicted octanol–water partition coefficient (Wildman–Crippen LogP) is 0.377. The molecule has 0 spiro atoms. The summed E-state index contributed by atoms with van der Waals surface area (Å²) in [6.45, 7) is -0.691. The first-order chi connectivity index (χ1) is 4.50. The predicted molar refractivity (Wildman–Crippen MR) is 26.3 cm³/mol. The van der Waals surface area contributed by atoms with Crippen LogP contribution in [0, 0.1) is 0 Å². The molecule has 1 heterocycles. The van der Waals surface area contributed by atoms with Crippen LogP contribution >= 0.6 is 0 Å². The molecule has 1 aliphatic rings. The van der Waals surface area contributed by atoms with Crippen LogP contribution in [0.2, 0.25) is 0 Å². The van der Waals surface area contributed by atoms with Gasteiger partial charge < -0.3 is 0 Å². The first-order valence-corrected chi connectivity index (χ1v) is 2.41. The second kappa shape index (κ2) is 1.96. The van der Waals surface area contributed by atoms with E-state index in [1.807, 2.05) is 0 Å². The molecule has 0 amide bonds. The molecule has 0 bridgehead atoms. The maximum atomic E-state index is 11.6. The molecule has 0 fully saturated rings. The Morgan fingerprint density at radius 1 is 1.60 bits per heavy atom. The van der Waals surface area contributed by atoms with Crippen LogP contribution in [0.15, 0.2) is 5.10 Å². The molecule has 6 heteroatoms. The van der Waals surface area contributed by atoms with Crippen LogP contribution in [0.3, 0.4) is 0 Å². The van der Waals surface area contributed by atoms with Crippen molar-refractivity contribution in [1.29, 1.82) is 0 Å². The highest BCUT2D eigenvalue weighted by Gasteiger charge is 2.39. The summed E-state index contributed by atoms with van der Waals surface area (Å²) < 4.78 is 34.8. The molecule has 0 N–H and O–H groups in total. The normalized spacial score (nSPS) is 18.7. The van der Waals surface area contributed by atoms with Crippen molar-refractivity contribution in [2.45, 2.75) is 6.30 Å². The van der Waals surface area contributed by atoms with Crippen molar-refractivity contribution in [3.05, 3.63) is 0 Å². The number of nitrogens with zero attached hydrogens (tertiary/aromatic N) is 2. The van der Waals surface area contributed by atoms with Crippen LogP contribution in [-0.4, -0.2) is 29.9 Å². The summed E-state index contributed by atoms with van der Waals surface area (Å²) in [6.07, 6.45) is -3.86. The Kier molecular flexibility index (Phi) is 1.38. The highest BCUT2D eigenvalue weighted by molar-refractivity contribution is 6.29. The van der Waals surface area contributed by atoms with Gasteiger partial charge in [0.15, 0.2) is 5.78 Å².